The van der Waals surface area contributed by atoms with Crippen LogP contribution in [0, 0.1) is 0 Å². The summed E-state index contributed by atoms with van der Waals surface area (Å²) in [5.41, 5.74) is 5.16. The van der Waals surface area contributed by atoms with Gasteiger partial charge in [0.25, 0.3) is 0 Å². The van der Waals surface area contributed by atoms with Crippen molar-refractivity contribution in [2.45, 2.75) is 13.1 Å². The fourth-order valence-electron chi connectivity index (χ4n) is 1.88. The van der Waals surface area contributed by atoms with Crippen LogP contribution < -0.4 is 15.8 Å². The Labute approximate surface area is 120 Å². The molecule has 0 heterocycles. The molecule has 112 valence electrons. The lowest BCUT2D eigenvalue weighted by molar-refractivity contribution is -0.136. The zero-order chi connectivity index (χ0) is 15.5. The van der Waals surface area contributed by atoms with Crippen LogP contribution in [0.2, 0.25) is 0 Å². The number of ether oxygens (including phenoxy) is 1. The van der Waals surface area contributed by atoms with Gasteiger partial charge in [0.15, 0.2) is 0 Å². The van der Waals surface area contributed by atoms with Crippen molar-refractivity contribution >= 4 is 17.1 Å². The van der Waals surface area contributed by atoms with E-state index in [2.05, 4.69) is 5.32 Å². The molecule has 0 aliphatic heterocycles. The maximum absolute atomic E-state index is 12.8. The van der Waals surface area contributed by atoms with E-state index in [4.69, 9.17) is 10.5 Å². The summed E-state index contributed by atoms with van der Waals surface area (Å²) in [4.78, 5) is 0. The largest absolute Gasteiger partial charge is 0.494 e. The number of halogens is 3. The molecule has 0 amide bonds. The molecule has 2 aromatic carbocycles. The third-order valence-electron chi connectivity index (χ3n) is 2.79. The SMILES string of the molecule is CCOc1cccc(Nc2ccc(N)c(C(F)(F)F)c2)c1. The van der Waals surface area contributed by atoms with Crippen LogP contribution in [0.3, 0.4) is 0 Å². The summed E-state index contributed by atoms with van der Waals surface area (Å²) >= 11 is 0. The van der Waals surface area contributed by atoms with Gasteiger partial charge >= 0.3 is 6.18 Å². The zero-order valence-electron chi connectivity index (χ0n) is 11.4. The van der Waals surface area contributed by atoms with Gasteiger partial charge in [-0.25, -0.2) is 0 Å². The minimum Gasteiger partial charge on any atom is -0.494 e. The van der Waals surface area contributed by atoms with E-state index in [9.17, 15) is 13.2 Å². The molecule has 6 heteroatoms. The summed E-state index contributed by atoms with van der Waals surface area (Å²) in [6.07, 6.45) is -4.48. The molecule has 3 N–H and O–H groups in total. The van der Waals surface area contributed by atoms with Gasteiger partial charge < -0.3 is 15.8 Å². The van der Waals surface area contributed by atoms with Gasteiger partial charge in [0, 0.05) is 23.1 Å². The number of benzene rings is 2. The molecule has 21 heavy (non-hydrogen) atoms. The van der Waals surface area contributed by atoms with Gasteiger partial charge in [0.1, 0.15) is 5.75 Å². The number of rotatable bonds is 4. The molecule has 0 aliphatic carbocycles. The van der Waals surface area contributed by atoms with Gasteiger partial charge in [-0.3, -0.25) is 0 Å². The first-order valence-corrected chi connectivity index (χ1v) is 6.36. The van der Waals surface area contributed by atoms with Crippen LogP contribution in [0.15, 0.2) is 42.5 Å². The minimum atomic E-state index is -4.48. The zero-order valence-corrected chi connectivity index (χ0v) is 11.4. The van der Waals surface area contributed by atoms with Crippen LogP contribution in [0.1, 0.15) is 12.5 Å². The average molecular weight is 296 g/mol. The quantitative estimate of drug-likeness (QED) is 0.820. The van der Waals surface area contributed by atoms with E-state index in [1.165, 1.54) is 12.1 Å². The van der Waals surface area contributed by atoms with Crippen molar-refractivity contribution in [1.29, 1.82) is 0 Å². The number of alkyl halides is 3. The van der Waals surface area contributed by atoms with Gasteiger partial charge in [-0.15, -0.1) is 0 Å². The summed E-state index contributed by atoms with van der Waals surface area (Å²) < 4.78 is 43.8. The van der Waals surface area contributed by atoms with Crippen LogP contribution in [-0.2, 0) is 6.18 Å². The molecule has 2 aromatic rings. The van der Waals surface area contributed by atoms with E-state index in [1.807, 2.05) is 6.92 Å². The summed E-state index contributed by atoms with van der Waals surface area (Å²) in [6, 6.07) is 10.7. The maximum atomic E-state index is 12.8. The van der Waals surface area contributed by atoms with Crippen molar-refractivity contribution in [2.75, 3.05) is 17.7 Å². The van der Waals surface area contributed by atoms with E-state index < -0.39 is 11.7 Å². The van der Waals surface area contributed by atoms with Crippen molar-refractivity contribution in [3.63, 3.8) is 0 Å². The minimum absolute atomic E-state index is 0.295. The van der Waals surface area contributed by atoms with E-state index in [0.29, 0.717) is 23.7 Å². The topological polar surface area (TPSA) is 47.3 Å². The molecule has 3 nitrogen and oxygen atoms in total. The third kappa shape index (κ3) is 3.81. The molecule has 0 saturated carbocycles. The molecule has 0 aliphatic rings. The van der Waals surface area contributed by atoms with Gasteiger partial charge in [0.2, 0.25) is 0 Å². The van der Waals surface area contributed by atoms with Gasteiger partial charge in [-0.2, -0.15) is 13.2 Å². The van der Waals surface area contributed by atoms with Crippen LogP contribution in [0.25, 0.3) is 0 Å². The van der Waals surface area contributed by atoms with Crippen LogP contribution in [-0.4, -0.2) is 6.61 Å². The van der Waals surface area contributed by atoms with E-state index in [1.54, 1.807) is 24.3 Å². The summed E-state index contributed by atoms with van der Waals surface area (Å²) in [5.74, 6) is 0.647. The number of hydrogen-bond acceptors (Lipinski definition) is 3. The highest BCUT2D eigenvalue weighted by molar-refractivity contribution is 5.65. The van der Waals surface area contributed by atoms with Crippen LogP contribution >= 0.6 is 0 Å². The average Bonchev–Trinajstić information content (AvgIpc) is 2.40. The second-order valence-corrected chi connectivity index (χ2v) is 4.39. The number of nitrogen functional groups attached to an aromatic ring is 1. The van der Waals surface area contributed by atoms with Crippen molar-refractivity contribution < 1.29 is 17.9 Å². The summed E-state index contributed by atoms with van der Waals surface area (Å²) in [5, 5.41) is 2.91. The first-order valence-electron chi connectivity index (χ1n) is 6.36. The highest BCUT2D eigenvalue weighted by Gasteiger charge is 2.33. The Hall–Kier alpha value is -2.37. The first kappa shape index (κ1) is 15.0. The summed E-state index contributed by atoms with van der Waals surface area (Å²) in [7, 11) is 0. The van der Waals surface area contributed by atoms with Crippen molar-refractivity contribution in [2.24, 2.45) is 0 Å². The van der Waals surface area contributed by atoms with E-state index >= 15 is 0 Å². The Morgan fingerprint density at radius 2 is 1.81 bits per heavy atom. The van der Waals surface area contributed by atoms with Crippen molar-refractivity contribution in [1.82, 2.24) is 0 Å². The van der Waals surface area contributed by atoms with Crippen LogP contribution in [0.4, 0.5) is 30.2 Å². The fraction of sp³-hybridized carbons (Fsp3) is 0.200. The summed E-state index contributed by atoms with van der Waals surface area (Å²) in [6.45, 7) is 2.37. The molecule has 0 fully saturated rings. The smallest absolute Gasteiger partial charge is 0.418 e. The van der Waals surface area contributed by atoms with Crippen molar-refractivity contribution in [3.8, 4) is 5.75 Å². The molecule has 0 unspecified atom stereocenters. The normalized spacial score (nSPS) is 11.2. The molecule has 2 rings (SSSR count). The molecule has 0 radical (unpaired) electrons. The molecule has 0 spiro atoms. The first-order chi connectivity index (χ1) is 9.90. The molecule has 0 saturated heterocycles. The standard InChI is InChI=1S/C15H15F3N2O/c1-2-21-12-5-3-4-10(8-12)20-11-6-7-14(19)13(9-11)15(16,17)18/h3-9,20H,2,19H2,1H3. The molecular formula is C15H15F3N2O. The lowest BCUT2D eigenvalue weighted by Crippen LogP contribution is -2.09. The molecule has 0 aromatic heterocycles. The van der Waals surface area contributed by atoms with Gasteiger partial charge in [-0.05, 0) is 37.3 Å². The lowest BCUT2D eigenvalue weighted by atomic mass is 10.1. The Balaban J connectivity index is 2.26. The number of nitrogens with two attached hydrogens (primary N) is 1. The van der Waals surface area contributed by atoms with Crippen LogP contribution in [0.5, 0.6) is 5.75 Å². The molecule has 0 atom stereocenters. The Bertz CT molecular complexity index is 627. The van der Waals surface area contributed by atoms with E-state index in [0.717, 1.165) is 6.07 Å². The fourth-order valence-corrected chi connectivity index (χ4v) is 1.88. The molecule has 0 bridgehead atoms. The van der Waals surface area contributed by atoms with E-state index in [-0.39, 0.29) is 5.69 Å². The molecular weight excluding hydrogens is 281 g/mol. The Kier molecular flexibility index (Phi) is 4.26. The van der Waals surface area contributed by atoms with Gasteiger partial charge in [0.05, 0.1) is 12.2 Å². The predicted octanol–water partition coefficient (Wildman–Crippen LogP) is 4.43. The number of hydrogen-bond donors (Lipinski definition) is 2. The number of nitrogens with one attached hydrogen (secondary N) is 1. The Morgan fingerprint density at radius 3 is 2.48 bits per heavy atom. The maximum Gasteiger partial charge on any atom is 0.418 e. The monoisotopic (exact) mass is 296 g/mol. The number of anilines is 3. The highest BCUT2D eigenvalue weighted by atomic mass is 19.4. The van der Waals surface area contributed by atoms with Crippen molar-refractivity contribution in [3.05, 3.63) is 48.0 Å². The second kappa shape index (κ2) is 5.95. The third-order valence-corrected chi connectivity index (χ3v) is 2.79. The second-order valence-electron chi connectivity index (χ2n) is 4.39. The highest BCUT2D eigenvalue weighted by Crippen LogP contribution is 2.35. The lowest BCUT2D eigenvalue weighted by Gasteiger charge is -2.13. The Morgan fingerprint density at radius 1 is 1.10 bits per heavy atom. The van der Waals surface area contributed by atoms with Gasteiger partial charge in [-0.1, -0.05) is 6.07 Å². The predicted molar refractivity (Wildman–Crippen MR) is 76.8 cm³/mol.